The van der Waals surface area contributed by atoms with E-state index in [-0.39, 0.29) is 24.2 Å². The van der Waals surface area contributed by atoms with Gasteiger partial charge in [0.2, 0.25) is 17.7 Å². The van der Waals surface area contributed by atoms with Crippen LogP contribution in [0, 0.1) is 11.8 Å². The fraction of sp³-hybridized carbons (Fsp3) is 0.731. The van der Waals surface area contributed by atoms with Crippen LogP contribution in [0.1, 0.15) is 96.3 Å². The van der Waals surface area contributed by atoms with Crippen molar-refractivity contribution in [3.8, 4) is 0 Å². The van der Waals surface area contributed by atoms with E-state index in [4.69, 9.17) is 5.21 Å². The summed E-state index contributed by atoms with van der Waals surface area (Å²) in [4.78, 5) is 51.1. The molecule has 3 rings (SSSR count). The lowest BCUT2D eigenvalue weighted by atomic mass is 9.93. The maximum absolute atomic E-state index is 13.7. The number of hydrogen-bond acceptors (Lipinski definition) is 7. The first-order chi connectivity index (χ1) is 18.2. The fourth-order valence-electron chi connectivity index (χ4n) is 5.47. The molecule has 0 spiro atoms. The Morgan fingerprint density at radius 3 is 2.61 bits per heavy atom. The van der Waals surface area contributed by atoms with Gasteiger partial charge in [-0.25, -0.2) is 10.9 Å². The molecule has 3 amide bonds. The number of hydrazine groups is 1. The maximum Gasteiger partial charge on any atom is 0.244 e. The summed E-state index contributed by atoms with van der Waals surface area (Å²) in [5, 5.41) is 25.4. The minimum atomic E-state index is -1.15. The number of aliphatic carboxylic acids is 1. The van der Waals surface area contributed by atoms with Crippen molar-refractivity contribution in [1.82, 2.24) is 25.9 Å². The molecular formula is C26H42N6O6. The zero-order valence-electron chi connectivity index (χ0n) is 22.6. The first kappa shape index (κ1) is 29.6. The Morgan fingerprint density at radius 1 is 1.21 bits per heavy atom. The van der Waals surface area contributed by atoms with Gasteiger partial charge < -0.3 is 15.2 Å². The summed E-state index contributed by atoms with van der Waals surface area (Å²) in [7, 11) is 0. The van der Waals surface area contributed by atoms with E-state index >= 15 is 0 Å². The van der Waals surface area contributed by atoms with Crippen LogP contribution in [0.15, 0.2) is 12.3 Å². The lowest BCUT2D eigenvalue weighted by Crippen LogP contribution is -2.60. The molecule has 0 bridgehead atoms. The maximum atomic E-state index is 13.7. The molecule has 2 aliphatic heterocycles. The van der Waals surface area contributed by atoms with E-state index in [2.05, 4.69) is 10.7 Å². The molecule has 2 aliphatic rings. The largest absolute Gasteiger partial charge is 0.548 e. The number of nitrogens with zero attached hydrogens (tertiary/aromatic N) is 3. The van der Waals surface area contributed by atoms with E-state index in [1.54, 1.807) is 10.2 Å². The number of carboxylic acids is 1. The Morgan fingerprint density at radius 2 is 1.95 bits per heavy atom. The van der Waals surface area contributed by atoms with Crippen molar-refractivity contribution < 1.29 is 34.2 Å². The molecule has 1 fully saturated rings. The van der Waals surface area contributed by atoms with Crippen molar-refractivity contribution in [1.29, 1.82) is 0 Å². The van der Waals surface area contributed by atoms with Crippen molar-refractivity contribution in [3.05, 3.63) is 18.0 Å². The normalized spacial score (nSPS) is 21.6. The number of amides is 3. The van der Waals surface area contributed by atoms with Gasteiger partial charge in [-0.05, 0) is 31.6 Å². The summed E-state index contributed by atoms with van der Waals surface area (Å²) in [6.45, 7) is 7.20. The van der Waals surface area contributed by atoms with Crippen LogP contribution in [0.25, 0.3) is 0 Å². The van der Waals surface area contributed by atoms with Crippen LogP contribution >= 0.6 is 0 Å². The summed E-state index contributed by atoms with van der Waals surface area (Å²) in [5.74, 6) is -3.16. The quantitative estimate of drug-likeness (QED) is 0.170. The van der Waals surface area contributed by atoms with E-state index in [9.17, 15) is 24.3 Å². The standard InChI is InChI=1S/C26H42N6O6/c1-4-6-9-18(16-22(33)29-38)25(35)31-20(10-7-13-27-31)24(34)28-23(17(3)5-2)19-12-15-30-14-8-11-21(26(36)37)32(19)30/h12,15,17-18,20-21,23,27H,4-11,13-14,16H2,1-3H3,(H3-,28,29,33,34,36,37,38)/t17?,18-,20+,21?,23?/m1/s1. The van der Waals surface area contributed by atoms with Crippen molar-refractivity contribution in [3.63, 3.8) is 0 Å². The van der Waals surface area contributed by atoms with Crippen LogP contribution in [-0.2, 0) is 25.7 Å². The molecule has 0 radical (unpaired) electrons. The molecule has 1 aromatic rings. The summed E-state index contributed by atoms with van der Waals surface area (Å²) >= 11 is 0. The Kier molecular flexibility index (Phi) is 10.7. The predicted octanol–water partition coefficient (Wildman–Crippen LogP) is 0.261. The van der Waals surface area contributed by atoms with Gasteiger partial charge in [0, 0.05) is 31.4 Å². The number of carbonyl (C=O) groups is 4. The van der Waals surface area contributed by atoms with Gasteiger partial charge in [0.25, 0.3) is 0 Å². The highest BCUT2D eigenvalue weighted by Crippen LogP contribution is 2.29. The molecule has 3 heterocycles. The van der Waals surface area contributed by atoms with Crippen molar-refractivity contribution in [2.45, 2.75) is 103 Å². The number of hydrogen-bond donors (Lipinski definition) is 4. The molecule has 0 aliphatic carbocycles. The molecule has 12 heteroatoms. The molecule has 1 saturated heterocycles. The van der Waals surface area contributed by atoms with Crippen LogP contribution in [-0.4, -0.2) is 51.2 Å². The Labute approximate surface area is 223 Å². The second kappa shape index (κ2) is 13.7. The van der Waals surface area contributed by atoms with Crippen LogP contribution in [0.2, 0.25) is 0 Å². The molecule has 0 saturated carbocycles. The third-order valence-electron chi connectivity index (χ3n) is 7.82. The Bertz CT molecular complexity index is 997. The second-order valence-corrected chi connectivity index (χ2v) is 10.4. The number of nitrogens with one attached hydrogen (secondary N) is 3. The molecule has 5 atom stereocenters. The SMILES string of the molecule is CCCC[C@H](CC(=O)NO)C(=O)N1NCCC[C@H]1C(=O)NC(c1cc[n+]2n1C(C(=O)[O-])CCC2)C(C)CC. The highest BCUT2D eigenvalue weighted by atomic mass is 16.5. The number of carbonyl (C=O) groups excluding carboxylic acids is 4. The van der Waals surface area contributed by atoms with Gasteiger partial charge in [0.15, 0.2) is 12.7 Å². The zero-order chi connectivity index (χ0) is 27.8. The van der Waals surface area contributed by atoms with Gasteiger partial charge in [-0.2, -0.15) is 0 Å². The summed E-state index contributed by atoms with van der Waals surface area (Å²) in [5.41, 5.74) is 5.35. The van der Waals surface area contributed by atoms with Crippen molar-refractivity contribution in [2.24, 2.45) is 11.8 Å². The van der Waals surface area contributed by atoms with E-state index < -0.39 is 35.9 Å². The molecule has 3 unspecified atom stereocenters. The first-order valence-electron chi connectivity index (χ1n) is 13.8. The molecule has 1 aromatic heterocycles. The van der Waals surface area contributed by atoms with Gasteiger partial charge in [-0.15, -0.1) is 9.36 Å². The third-order valence-corrected chi connectivity index (χ3v) is 7.82. The minimum absolute atomic E-state index is 0.00543. The van der Waals surface area contributed by atoms with Gasteiger partial charge in [-0.3, -0.25) is 24.6 Å². The molecule has 212 valence electrons. The Hall–Kier alpha value is -2.99. The highest BCUT2D eigenvalue weighted by Gasteiger charge is 2.39. The number of aromatic nitrogens is 2. The summed E-state index contributed by atoms with van der Waals surface area (Å²) in [6.07, 6.45) is 6.77. The highest BCUT2D eigenvalue weighted by molar-refractivity contribution is 5.90. The summed E-state index contributed by atoms with van der Waals surface area (Å²) in [6, 6.07) is -0.217. The van der Waals surface area contributed by atoms with Gasteiger partial charge >= 0.3 is 0 Å². The summed E-state index contributed by atoms with van der Waals surface area (Å²) < 4.78 is 3.59. The van der Waals surface area contributed by atoms with Crippen molar-refractivity contribution >= 4 is 23.7 Å². The third kappa shape index (κ3) is 6.71. The van der Waals surface area contributed by atoms with Crippen LogP contribution in [0.5, 0.6) is 0 Å². The predicted molar refractivity (Wildman–Crippen MR) is 134 cm³/mol. The number of rotatable bonds is 12. The first-order valence-corrected chi connectivity index (χ1v) is 13.8. The minimum Gasteiger partial charge on any atom is -0.548 e. The monoisotopic (exact) mass is 534 g/mol. The smallest absolute Gasteiger partial charge is 0.244 e. The molecular weight excluding hydrogens is 492 g/mol. The van der Waals surface area contributed by atoms with E-state index in [1.807, 2.05) is 37.7 Å². The van der Waals surface area contributed by atoms with E-state index in [0.29, 0.717) is 44.5 Å². The van der Waals surface area contributed by atoms with Crippen LogP contribution in [0.4, 0.5) is 0 Å². The molecule has 4 N–H and O–H groups in total. The zero-order valence-corrected chi connectivity index (χ0v) is 22.6. The number of unbranched alkanes of at least 4 members (excludes halogenated alkanes) is 1. The van der Waals surface area contributed by atoms with E-state index in [0.717, 1.165) is 25.7 Å². The molecule has 0 aromatic carbocycles. The number of aryl methyl sites for hydroxylation is 1. The second-order valence-electron chi connectivity index (χ2n) is 10.4. The number of hydroxylamine groups is 1. The van der Waals surface area contributed by atoms with Crippen LogP contribution in [0.3, 0.4) is 0 Å². The average Bonchev–Trinajstić information content (AvgIpc) is 3.36. The topological polar surface area (TPSA) is 160 Å². The van der Waals surface area contributed by atoms with Crippen LogP contribution < -0.4 is 26.0 Å². The fourth-order valence-corrected chi connectivity index (χ4v) is 5.47. The van der Waals surface area contributed by atoms with Gasteiger partial charge in [0.1, 0.15) is 17.8 Å². The Balaban J connectivity index is 1.86. The molecule has 38 heavy (non-hydrogen) atoms. The van der Waals surface area contributed by atoms with E-state index in [1.165, 1.54) is 5.01 Å². The average molecular weight is 535 g/mol. The lowest BCUT2D eigenvalue weighted by molar-refractivity contribution is -0.784. The number of fused-ring (bicyclic) bond motifs is 1. The van der Waals surface area contributed by atoms with Gasteiger partial charge in [0.05, 0.1) is 12.0 Å². The van der Waals surface area contributed by atoms with Crippen molar-refractivity contribution in [2.75, 3.05) is 6.54 Å². The van der Waals surface area contributed by atoms with Gasteiger partial charge in [-0.1, -0.05) is 40.0 Å². The number of carboxylic acid groups (broad SMARTS) is 1. The molecule has 12 nitrogen and oxygen atoms in total. The lowest BCUT2D eigenvalue weighted by Gasteiger charge is -2.38.